The SMILES string of the molecule is CC(C)(C)OC(=O)N[C@@H]1CNC[C@H]1C(C)(C)C. The van der Waals surface area contributed by atoms with Crippen molar-refractivity contribution in [3.63, 3.8) is 0 Å². The maximum Gasteiger partial charge on any atom is 0.407 e. The molecule has 0 aromatic rings. The number of carbonyl (C=O) groups is 1. The van der Waals surface area contributed by atoms with Gasteiger partial charge >= 0.3 is 6.09 Å². The van der Waals surface area contributed by atoms with Crippen molar-refractivity contribution in [1.29, 1.82) is 0 Å². The Labute approximate surface area is 104 Å². The number of ether oxygens (including phenoxy) is 1. The van der Waals surface area contributed by atoms with Crippen LogP contribution in [0.2, 0.25) is 0 Å². The van der Waals surface area contributed by atoms with Crippen LogP contribution >= 0.6 is 0 Å². The molecule has 0 saturated carbocycles. The van der Waals surface area contributed by atoms with Crippen LogP contribution in [0.15, 0.2) is 0 Å². The van der Waals surface area contributed by atoms with Crippen LogP contribution in [0.25, 0.3) is 0 Å². The van der Waals surface area contributed by atoms with Gasteiger partial charge in [-0.25, -0.2) is 4.79 Å². The Morgan fingerprint density at radius 3 is 2.24 bits per heavy atom. The summed E-state index contributed by atoms with van der Waals surface area (Å²) < 4.78 is 5.28. The van der Waals surface area contributed by atoms with Gasteiger partial charge in [-0.1, -0.05) is 20.8 Å². The van der Waals surface area contributed by atoms with E-state index in [0.29, 0.717) is 5.92 Å². The summed E-state index contributed by atoms with van der Waals surface area (Å²) in [5.41, 5.74) is -0.253. The first kappa shape index (κ1) is 14.3. The summed E-state index contributed by atoms with van der Waals surface area (Å²) in [5, 5.41) is 6.30. The molecule has 2 atom stereocenters. The second-order valence-electron chi connectivity index (χ2n) is 6.88. The molecule has 1 rings (SSSR count). The van der Waals surface area contributed by atoms with Crippen molar-refractivity contribution in [2.45, 2.75) is 53.2 Å². The van der Waals surface area contributed by atoms with Crippen molar-refractivity contribution in [3.05, 3.63) is 0 Å². The van der Waals surface area contributed by atoms with Gasteiger partial charge in [-0.05, 0) is 32.1 Å². The first-order valence-corrected chi connectivity index (χ1v) is 6.30. The second-order valence-corrected chi connectivity index (χ2v) is 6.88. The Morgan fingerprint density at radius 2 is 1.76 bits per heavy atom. The molecule has 1 aliphatic heterocycles. The highest BCUT2D eigenvalue weighted by Gasteiger charge is 2.37. The molecule has 17 heavy (non-hydrogen) atoms. The van der Waals surface area contributed by atoms with Crippen molar-refractivity contribution < 1.29 is 9.53 Å². The third-order valence-electron chi connectivity index (χ3n) is 3.03. The minimum atomic E-state index is -0.437. The first-order chi connectivity index (χ1) is 7.59. The zero-order valence-electron chi connectivity index (χ0n) is 11.9. The van der Waals surface area contributed by atoms with E-state index in [4.69, 9.17) is 4.74 Å². The minimum absolute atomic E-state index is 0.157. The minimum Gasteiger partial charge on any atom is -0.444 e. The van der Waals surface area contributed by atoms with E-state index in [1.54, 1.807) is 0 Å². The van der Waals surface area contributed by atoms with Gasteiger partial charge in [0.25, 0.3) is 0 Å². The van der Waals surface area contributed by atoms with Crippen molar-refractivity contribution in [3.8, 4) is 0 Å². The normalized spacial score (nSPS) is 25.8. The summed E-state index contributed by atoms with van der Waals surface area (Å²) in [7, 11) is 0. The van der Waals surface area contributed by atoms with E-state index in [-0.39, 0.29) is 17.6 Å². The van der Waals surface area contributed by atoms with E-state index >= 15 is 0 Å². The lowest BCUT2D eigenvalue weighted by Gasteiger charge is -2.32. The summed E-state index contributed by atoms with van der Waals surface area (Å²) in [6.45, 7) is 14.0. The summed E-state index contributed by atoms with van der Waals surface area (Å²) in [4.78, 5) is 11.7. The molecular formula is C13H26N2O2. The van der Waals surface area contributed by atoms with Crippen molar-refractivity contribution in [2.75, 3.05) is 13.1 Å². The number of hydrogen-bond acceptors (Lipinski definition) is 3. The molecule has 0 bridgehead atoms. The van der Waals surface area contributed by atoms with Crippen LogP contribution in [0.4, 0.5) is 4.79 Å². The van der Waals surface area contributed by atoms with Crippen LogP contribution in [-0.4, -0.2) is 30.8 Å². The highest BCUT2D eigenvalue weighted by Crippen LogP contribution is 2.30. The third-order valence-corrected chi connectivity index (χ3v) is 3.03. The lowest BCUT2D eigenvalue weighted by atomic mass is 9.78. The molecule has 4 heteroatoms. The van der Waals surface area contributed by atoms with Gasteiger partial charge in [0.15, 0.2) is 0 Å². The van der Waals surface area contributed by atoms with E-state index in [9.17, 15) is 4.79 Å². The largest absolute Gasteiger partial charge is 0.444 e. The van der Waals surface area contributed by atoms with Gasteiger partial charge in [0.05, 0.1) is 0 Å². The predicted octanol–water partition coefficient (Wildman–Crippen LogP) is 2.15. The first-order valence-electron chi connectivity index (χ1n) is 6.30. The van der Waals surface area contributed by atoms with Crippen LogP contribution in [0, 0.1) is 11.3 Å². The molecule has 0 aliphatic carbocycles. The number of rotatable bonds is 1. The van der Waals surface area contributed by atoms with Crippen LogP contribution < -0.4 is 10.6 Å². The molecule has 1 fully saturated rings. The number of carbonyl (C=O) groups excluding carboxylic acids is 1. The topological polar surface area (TPSA) is 50.4 Å². The number of hydrogen-bond donors (Lipinski definition) is 2. The van der Waals surface area contributed by atoms with Crippen LogP contribution in [-0.2, 0) is 4.74 Å². The average molecular weight is 242 g/mol. The maximum atomic E-state index is 11.7. The monoisotopic (exact) mass is 242 g/mol. The standard InChI is InChI=1S/C13H26N2O2/c1-12(2,3)9-7-14-8-10(9)15-11(16)17-13(4,5)6/h9-10,14H,7-8H2,1-6H3,(H,15,16)/t9-,10-/m1/s1. The third kappa shape index (κ3) is 4.54. The maximum absolute atomic E-state index is 11.7. The highest BCUT2D eigenvalue weighted by molar-refractivity contribution is 5.68. The van der Waals surface area contributed by atoms with E-state index in [0.717, 1.165) is 13.1 Å². The van der Waals surface area contributed by atoms with Gasteiger partial charge in [0.2, 0.25) is 0 Å². The molecule has 0 aromatic carbocycles. The average Bonchev–Trinajstić information content (AvgIpc) is 2.46. The molecule has 0 spiro atoms. The molecule has 1 heterocycles. The summed E-state index contributed by atoms with van der Waals surface area (Å²) in [6, 6.07) is 0.157. The fourth-order valence-electron chi connectivity index (χ4n) is 2.20. The zero-order chi connectivity index (χ0) is 13.3. The fourth-order valence-corrected chi connectivity index (χ4v) is 2.20. The molecule has 1 aliphatic rings. The lowest BCUT2D eigenvalue weighted by molar-refractivity contribution is 0.0478. The van der Waals surface area contributed by atoms with E-state index in [2.05, 4.69) is 31.4 Å². The van der Waals surface area contributed by atoms with E-state index < -0.39 is 5.60 Å². The summed E-state index contributed by atoms with van der Waals surface area (Å²) >= 11 is 0. The Balaban J connectivity index is 2.54. The quantitative estimate of drug-likeness (QED) is 0.740. The Kier molecular flexibility index (Phi) is 4.07. The van der Waals surface area contributed by atoms with Gasteiger partial charge in [-0.15, -0.1) is 0 Å². The molecule has 4 nitrogen and oxygen atoms in total. The van der Waals surface area contributed by atoms with Gasteiger partial charge < -0.3 is 15.4 Å². The van der Waals surface area contributed by atoms with Crippen LogP contribution in [0.3, 0.4) is 0 Å². The molecule has 2 N–H and O–H groups in total. The highest BCUT2D eigenvalue weighted by atomic mass is 16.6. The van der Waals surface area contributed by atoms with Gasteiger partial charge in [0, 0.05) is 19.1 Å². The Bertz CT molecular complexity index is 276. The smallest absolute Gasteiger partial charge is 0.407 e. The molecule has 100 valence electrons. The molecule has 1 amide bonds. The Morgan fingerprint density at radius 1 is 1.18 bits per heavy atom. The molecule has 1 saturated heterocycles. The summed E-state index contributed by atoms with van der Waals surface area (Å²) in [5.74, 6) is 0.440. The van der Waals surface area contributed by atoms with Crippen molar-refractivity contribution in [2.24, 2.45) is 11.3 Å². The molecule has 0 radical (unpaired) electrons. The number of nitrogens with one attached hydrogen (secondary N) is 2. The predicted molar refractivity (Wildman–Crippen MR) is 69.0 cm³/mol. The lowest BCUT2D eigenvalue weighted by Crippen LogP contribution is -2.46. The van der Waals surface area contributed by atoms with E-state index in [1.165, 1.54) is 0 Å². The summed E-state index contributed by atoms with van der Waals surface area (Å²) in [6.07, 6.45) is -0.319. The fraction of sp³-hybridized carbons (Fsp3) is 0.923. The van der Waals surface area contributed by atoms with E-state index in [1.807, 2.05) is 20.8 Å². The van der Waals surface area contributed by atoms with Gasteiger partial charge in [-0.3, -0.25) is 0 Å². The molecular weight excluding hydrogens is 216 g/mol. The van der Waals surface area contributed by atoms with Crippen molar-refractivity contribution in [1.82, 2.24) is 10.6 Å². The van der Waals surface area contributed by atoms with Crippen LogP contribution in [0.1, 0.15) is 41.5 Å². The number of amides is 1. The second kappa shape index (κ2) is 4.84. The van der Waals surface area contributed by atoms with Gasteiger partial charge in [-0.2, -0.15) is 0 Å². The van der Waals surface area contributed by atoms with Crippen LogP contribution in [0.5, 0.6) is 0 Å². The Hall–Kier alpha value is -0.770. The number of alkyl carbamates (subject to hydrolysis) is 1. The zero-order valence-corrected chi connectivity index (χ0v) is 11.9. The molecule has 0 unspecified atom stereocenters. The van der Waals surface area contributed by atoms with Gasteiger partial charge in [0.1, 0.15) is 5.60 Å². The molecule has 0 aromatic heterocycles. The van der Waals surface area contributed by atoms with Crippen molar-refractivity contribution >= 4 is 6.09 Å².